The highest BCUT2D eigenvalue weighted by Gasteiger charge is 2.30. The highest BCUT2D eigenvalue weighted by molar-refractivity contribution is 7.47. The zero-order valence-corrected chi connectivity index (χ0v) is 64.8. The van der Waals surface area contributed by atoms with Crippen molar-refractivity contribution in [1.29, 1.82) is 0 Å². The van der Waals surface area contributed by atoms with Crippen LogP contribution in [-0.2, 0) is 65.4 Å². The topological polar surface area (TPSA) is 237 Å². The quantitative estimate of drug-likeness (QED) is 0.0222. The zero-order chi connectivity index (χ0) is 71.1. The zero-order valence-electron chi connectivity index (χ0n) is 63.1. The van der Waals surface area contributed by atoms with Crippen molar-refractivity contribution in [2.24, 2.45) is 0 Å². The summed E-state index contributed by atoms with van der Waals surface area (Å²) in [5.41, 5.74) is 0. The third-order valence-electron chi connectivity index (χ3n) is 18.4. The Hall–Kier alpha value is -1.94. The third kappa shape index (κ3) is 72.2. The van der Waals surface area contributed by atoms with Gasteiger partial charge in [-0.05, 0) is 25.7 Å². The van der Waals surface area contributed by atoms with Crippen molar-refractivity contribution in [1.82, 2.24) is 0 Å². The van der Waals surface area contributed by atoms with E-state index >= 15 is 0 Å². The SMILES string of the molecule is CCCCCCCCCCCCCCCCCCCCC(=O)O[C@H](COC(=O)CCCCCCCCCCCCCCCCC)COP(=O)(O)OC[C@@H](O)COP(=O)(O)OC[C@@H](COC(=O)CCCCCCCCCCCCC)OC(=O)CCCCCCCCCCCCCCC. The highest BCUT2D eigenvalue weighted by Crippen LogP contribution is 2.45. The van der Waals surface area contributed by atoms with E-state index in [1.807, 2.05) is 0 Å². The molecule has 0 bridgehead atoms. The molecule has 0 heterocycles. The molecule has 0 radical (unpaired) electrons. The van der Waals surface area contributed by atoms with Crippen LogP contribution in [0.25, 0.3) is 0 Å². The van der Waals surface area contributed by atoms with Crippen LogP contribution >= 0.6 is 15.6 Å². The number of phosphoric acid groups is 2. The van der Waals surface area contributed by atoms with Gasteiger partial charge in [-0.2, -0.15) is 0 Å². The molecule has 0 aliphatic carbocycles. The van der Waals surface area contributed by atoms with Gasteiger partial charge in [0.1, 0.15) is 19.3 Å². The molecule has 19 heteroatoms. The van der Waals surface area contributed by atoms with Crippen LogP contribution in [0.1, 0.15) is 419 Å². The van der Waals surface area contributed by atoms with Crippen molar-refractivity contribution in [2.45, 2.75) is 438 Å². The second-order valence-electron chi connectivity index (χ2n) is 28.1. The number of aliphatic hydroxyl groups excluding tert-OH is 1. The first kappa shape index (κ1) is 95.1. The van der Waals surface area contributed by atoms with Crippen LogP contribution in [-0.4, -0.2) is 96.7 Å². The maximum atomic E-state index is 13.1. The number of hydrogen-bond acceptors (Lipinski definition) is 15. The molecule has 0 rings (SSSR count). The van der Waals surface area contributed by atoms with E-state index in [2.05, 4.69) is 27.7 Å². The summed E-state index contributed by atoms with van der Waals surface area (Å²) in [4.78, 5) is 72.9. The molecule has 0 aromatic heterocycles. The summed E-state index contributed by atoms with van der Waals surface area (Å²) in [5.74, 6) is -2.11. The molecule has 97 heavy (non-hydrogen) atoms. The van der Waals surface area contributed by atoms with Crippen LogP contribution in [0.3, 0.4) is 0 Å². The lowest BCUT2D eigenvalue weighted by Crippen LogP contribution is -2.30. The lowest BCUT2D eigenvalue weighted by molar-refractivity contribution is -0.161. The standard InChI is InChI=1S/C78H152O17P2/c1-5-9-13-17-21-25-29-32-34-35-36-38-41-45-49-53-57-61-65-78(83)95-74(69-89-76(81)63-59-55-51-47-43-40-37-33-30-26-22-18-14-10-6-2)71-93-97(86,87)91-67-72(79)66-90-96(84,85)92-70-73(68-88-75(80)62-58-54-50-46-42-28-24-20-16-12-8-4)94-77(82)64-60-56-52-48-44-39-31-27-23-19-15-11-7-3/h72-74,79H,5-71H2,1-4H3,(H,84,85)(H,86,87)/t72-,73+,74+/m0/s1. The molecule has 0 saturated carbocycles. The maximum absolute atomic E-state index is 13.1. The summed E-state index contributed by atoms with van der Waals surface area (Å²) in [6, 6.07) is 0. The lowest BCUT2D eigenvalue weighted by Gasteiger charge is -2.21. The number of aliphatic hydroxyl groups is 1. The summed E-state index contributed by atoms with van der Waals surface area (Å²) in [6.07, 6.45) is 63.6. The molecule has 0 aromatic rings. The van der Waals surface area contributed by atoms with Crippen LogP contribution in [0.2, 0.25) is 0 Å². The Balaban J connectivity index is 5.24. The summed E-state index contributed by atoms with van der Waals surface area (Å²) >= 11 is 0. The number of esters is 4. The Kier molecular flexibility index (Phi) is 71.0. The van der Waals surface area contributed by atoms with Crippen LogP contribution in [0.5, 0.6) is 0 Å². The smallest absolute Gasteiger partial charge is 0.462 e. The summed E-state index contributed by atoms with van der Waals surface area (Å²) in [5, 5.41) is 10.6. The second kappa shape index (κ2) is 72.4. The number of hydrogen-bond donors (Lipinski definition) is 3. The van der Waals surface area contributed by atoms with Crippen molar-refractivity contribution < 1.29 is 80.2 Å². The molecule has 2 unspecified atom stereocenters. The predicted molar refractivity (Wildman–Crippen MR) is 395 cm³/mol. The van der Waals surface area contributed by atoms with Gasteiger partial charge in [0, 0.05) is 25.7 Å². The Labute approximate surface area is 594 Å². The Morgan fingerprint density at radius 1 is 0.247 bits per heavy atom. The monoisotopic (exact) mass is 1420 g/mol. The molecule has 0 amide bonds. The number of phosphoric ester groups is 2. The van der Waals surface area contributed by atoms with Gasteiger partial charge in [0.25, 0.3) is 0 Å². The lowest BCUT2D eigenvalue weighted by atomic mass is 10.0. The van der Waals surface area contributed by atoms with Crippen LogP contribution < -0.4 is 0 Å². The van der Waals surface area contributed by atoms with Crippen molar-refractivity contribution in [3.05, 3.63) is 0 Å². The van der Waals surface area contributed by atoms with Gasteiger partial charge in [-0.25, -0.2) is 9.13 Å². The molecule has 3 N–H and O–H groups in total. The number of carbonyl (C=O) groups excluding carboxylic acids is 4. The molecule has 0 saturated heterocycles. The molecular formula is C78H152O17P2. The van der Waals surface area contributed by atoms with Crippen molar-refractivity contribution in [3.8, 4) is 0 Å². The van der Waals surface area contributed by atoms with Gasteiger partial charge in [0.15, 0.2) is 12.2 Å². The van der Waals surface area contributed by atoms with Crippen molar-refractivity contribution in [3.63, 3.8) is 0 Å². The molecular weight excluding hydrogens is 1270 g/mol. The van der Waals surface area contributed by atoms with Gasteiger partial charge >= 0.3 is 39.5 Å². The van der Waals surface area contributed by atoms with Gasteiger partial charge in [-0.1, -0.05) is 368 Å². The number of unbranched alkanes of at least 4 members (excludes halogenated alkanes) is 53. The van der Waals surface area contributed by atoms with E-state index in [0.29, 0.717) is 25.7 Å². The van der Waals surface area contributed by atoms with Crippen LogP contribution in [0, 0.1) is 0 Å². The first-order valence-electron chi connectivity index (χ1n) is 40.8. The summed E-state index contributed by atoms with van der Waals surface area (Å²) in [6.45, 7) is 5.01. The highest BCUT2D eigenvalue weighted by atomic mass is 31.2. The Bertz CT molecular complexity index is 1840. The predicted octanol–water partition coefficient (Wildman–Crippen LogP) is 23.4. The summed E-state index contributed by atoms with van der Waals surface area (Å²) in [7, 11) is -9.91. The second-order valence-corrected chi connectivity index (χ2v) is 31.0. The molecule has 0 aromatic carbocycles. The van der Waals surface area contributed by atoms with E-state index in [0.717, 1.165) is 89.9 Å². The minimum absolute atomic E-state index is 0.109. The Morgan fingerprint density at radius 3 is 0.608 bits per heavy atom. The first-order valence-corrected chi connectivity index (χ1v) is 43.8. The minimum atomic E-state index is -4.96. The van der Waals surface area contributed by atoms with E-state index in [1.165, 1.54) is 250 Å². The van der Waals surface area contributed by atoms with E-state index < -0.39 is 97.5 Å². The normalized spacial score (nSPS) is 13.8. The average molecular weight is 1420 g/mol. The molecule has 0 fully saturated rings. The molecule has 576 valence electrons. The molecule has 0 aliphatic heterocycles. The van der Waals surface area contributed by atoms with Crippen molar-refractivity contribution >= 4 is 39.5 Å². The average Bonchev–Trinajstić information content (AvgIpc) is 1.75. The van der Waals surface area contributed by atoms with E-state index in [9.17, 15) is 43.2 Å². The van der Waals surface area contributed by atoms with E-state index in [-0.39, 0.29) is 25.7 Å². The fourth-order valence-electron chi connectivity index (χ4n) is 12.1. The van der Waals surface area contributed by atoms with Gasteiger partial charge in [0.2, 0.25) is 0 Å². The molecule has 0 aliphatic rings. The van der Waals surface area contributed by atoms with E-state index in [4.69, 9.17) is 37.0 Å². The van der Waals surface area contributed by atoms with Crippen LogP contribution in [0.15, 0.2) is 0 Å². The third-order valence-corrected chi connectivity index (χ3v) is 20.3. The van der Waals surface area contributed by atoms with Gasteiger partial charge in [0.05, 0.1) is 26.4 Å². The summed E-state index contributed by atoms with van der Waals surface area (Å²) < 4.78 is 68.6. The van der Waals surface area contributed by atoms with Crippen LogP contribution in [0.4, 0.5) is 0 Å². The Morgan fingerprint density at radius 2 is 0.412 bits per heavy atom. The van der Waals surface area contributed by atoms with Crippen molar-refractivity contribution in [2.75, 3.05) is 39.6 Å². The van der Waals surface area contributed by atoms with E-state index in [1.54, 1.807) is 0 Å². The fourth-order valence-corrected chi connectivity index (χ4v) is 13.7. The fraction of sp³-hybridized carbons (Fsp3) is 0.949. The number of rotatable bonds is 79. The first-order chi connectivity index (χ1) is 47.2. The minimum Gasteiger partial charge on any atom is -0.462 e. The largest absolute Gasteiger partial charge is 0.472 e. The molecule has 0 spiro atoms. The van der Waals surface area contributed by atoms with Gasteiger partial charge in [-0.3, -0.25) is 37.3 Å². The number of carbonyl (C=O) groups is 4. The van der Waals surface area contributed by atoms with Gasteiger partial charge < -0.3 is 33.8 Å². The molecule has 5 atom stereocenters. The maximum Gasteiger partial charge on any atom is 0.472 e. The van der Waals surface area contributed by atoms with Gasteiger partial charge in [-0.15, -0.1) is 0 Å². The molecule has 17 nitrogen and oxygen atoms in total. The number of ether oxygens (including phenoxy) is 4.